The molecule has 1 aliphatic rings. The summed E-state index contributed by atoms with van der Waals surface area (Å²) in [4.78, 5) is 4.36. The molecular weight excluding hydrogens is 210 g/mol. The van der Waals surface area contributed by atoms with Gasteiger partial charge in [0.1, 0.15) is 0 Å². The van der Waals surface area contributed by atoms with Crippen molar-refractivity contribution in [3.8, 4) is 0 Å². The Morgan fingerprint density at radius 1 is 1.41 bits per heavy atom. The van der Waals surface area contributed by atoms with E-state index in [1.54, 1.807) is 6.08 Å². The van der Waals surface area contributed by atoms with Gasteiger partial charge in [-0.15, -0.1) is 6.58 Å². The highest BCUT2D eigenvalue weighted by Gasteiger charge is 2.20. The molecule has 1 aliphatic carbocycles. The molecule has 0 amide bonds. The fourth-order valence-corrected chi connectivity index (χ4v) is 2.24. The van der Waals surface area contributed by atoms with Crippen LogP contribution in [0, 0.1) is 5.92 Å². The van der Waals surface area contributed by atoms with Crippen LogP contribution in [-0.4, -0.2) is 19.0 Å². The standard InChI is InChI=1S/C14H19N3/c1-2-7-16-14(15)17-10-11-8-12-5-3-4-6-13(12)9-11/h2-6,11H,1,7-10H2,(H3,15,16,17). The van der Waals surface area contributed by atoms with Crippen molar-refractivity contribution in [2.75, 3.05) is 13.1 Å². The molecular formula is C14H19N3. The van der Waals surface area contributed by atoms with Crippen LogP contribution < -0.4 is 11.1 Å². The Morgan fingerprint density at radius 2 is 2.06 bits per heavy atom. The quantitative estimate of drug-likeness (QED) is 0.467. The molecule has 1 aromatic rings. The van der Waals surface area contributed by atoms with Crippen LogP contribution in [0.4, 0.5) is 0 Å². The molecule has 3 heteroatoms. The molecule has 0 aromatic heterocycles. The van der Waals surface area contributed by atoms with Crippen LogP contribution in [-0.2, 0) is 12.8 Å². The summed E-state index contributed by atoms with van der Waals surface area (Å²) in [5.41, 5.74) is 8.66. The Bertz CT molecular complexity index is 398. The minimum absolute atomic E-state index is 0.515. The van der Waals surface area contributed by atoms with Crippen molar-refractivity contribution in [3.63, 3.8) is 0 Å². The summed E-state index contributed by atoms with van der Waals surface area (Å²) in [5.74, 6) is 1.11. The zero-order valence-electron chi connectivity index (χ0n) is 10.0. The lowest BCUT2D eigenvalue weighted by atomic mass is 10.1. The average molecular weight is 229 g/mol. The summed E-state index contributed by atoms with van der Waals surface area (Å²) in [7, 11) is 0. The highest BCUT2D eigenvalue weighted by molar-refractivity contribution is 5.77. The largest absolute Gasteiger partial charge is 0.370 e. The van der Waals surface area contributed by atoms with Crippen LogP contribution in [0.3, 0.4) is 0 Å². The van der Waals surface area contributed by atoms with Crippen LogP contribution in [0.25, 0.3) is 0 Å². The summed E-state index contributed by atoms with van der Waals surface area (Å²) < 4.78 is 0. The maximum Gasteiger partial charge on any atom is 0.188 e. The molecule has 0 fully saturated rings. The van der Waals surface area contributed by atoms with E-state index in [9.17, 15) is 0 Å². The molecule has 0 heterocycles. The second-order valence-corrected chi connectivity index (χ2v) is 4.44. The van der Waals surface area contributed by atoms with Crippen molar-refractivity contribution < 1.29 is 0 Å². The van der Waals surface area contributed by atoms with Gasteiger partial charge in [-0.1, -0.05) is 30.3 Å². The molecule has 0 aliphatic heterocycles. The number of hydrogen-bond acceptors (Lipinski definition) is 1. The first kappa shape index (κ1) is 11.7. The number of aliphatic imine (C=N–C) groups is 1. The van der Waals surface area contributed by atoms with Crippen molar-refractivity contribution in [1.82, 2.24) is 5.32 Å². The summed E-state index contributed by atoms with van der Waals surface area (Å²) in [6.07, 6.45) is 4.01. The fraction of sp³-hybridized carbons (Fsp3) is 0.357. The fourth-order valence-electron chi connectivity index (χ4n) is 2.24. The lowest BCUT2D eigenvalue weighted by molar-refractivity contribution is 0.575. The van der Waals surface area contributed by atoms with Crippen molar-refractivity contribution in [2.45, 2.75) is 12.8 Å². The Kier molecular flexibility index (Phi) is 3.81. The molecule has 0 spiro atoms. The molecule has 0 atom stereocenters. The lowest BCUT2D eigenvalue weighted by Gasteiger charge is -2.06. The number of fused-ring (bicyclic) bond motifs is 1. The van der Waals surface area contributed by atoms with Gasteiger partial charge in [0.15, 0.2) is 5.96 Å². The number of hydrogen-bond donors (Lipinski definition) is 2. The highest BCUT2D eigenvalue weighted by atomic mass is 15.1. The minimum atomic E-state index is 0.515. The molecule has 2 rings (SSSR count). The van der Waals surface area contributed by atoms with Gasteiger partial charge in [-0.3, -0.25) is 4.99 Å². The van der Waals surface area contributed by atoms with Crippen LogP contribution in [0.2, 0.25) is 0 Å². The van der Waals surface area contributed by atoms with E-state index in [0.29, 0.717) is 18.4 Å². The predicted octanol–water partition coefficient (Wildman–Crippen LogP) is 1.49. The van der Waals surface area contributed by atoms with Gasteiger partial charge in [0.2, 0.25) is 0 Å². The predicted molar refractivity (Wildman–Crippen MR) is 72.0 cm³/mol. The van der Waals surface area contributed by atoms with Crippen molar-refractivity contribution in [3.05, 3.63) is 48.0 Å². The SMILES string of the molecule is C=CCNC(N)=NCC1Cc2ccccc2C1. The summed E-state index contributed by atoms with van der Waals surface area (Å²) in [5, 5.41) is 2.99. The van der Waals surface area contributed by atoms with Gasteiger partial charge in [-0.25, -0.2) is 0 Å². The molecule has 3 nitrogen and oxygen atoms in total. The number of nitrogens with zero attached hydrogens (tertiary/aromatic N) is 1. The smallest absolute Gasteiger partial charge is 0.188 e. The van der Waals surface area contributed by atoms with E-state index in [4.69, 9.17) is 5.73 Å². The number of guanidine groups is 1. The van der Waals surface area contributed by atoms with Crippen LogP contribution >= 0.6 is 0 Å². The highest BCUT2D eigenvalue weighted by Crippen LogP contribution is 2.26. The average Bonchev–Trinajstić information content (AvgIpc) is 2.76. The maximum atomic E-state index is 5.73. The minimum Gasteiger partial charge on any atom is -0.370 e. The van der Waals surface area contributed by atoms with Gasteiger partial charge < -0.3 is 11.1 Å². The normalized spacial score (nSPS) is 15.6. The Morgan fingerprint density at radius 3 is 2.65 bits per heavy atom. The zero-order valence-corrected chi connectivity index (χ0v) is 10.0. The van der Waals surface area contributed by atoms with Gasteiger partial charge in [-0.2, -0.15) is 0 Å². The second kappa shape index (κ2) is 5.53. The number of benzene rings is 1. The zero-order chi connectivity index (χ0) is 12.1. The third kappa shape index (κ3) is 3.09. The molecule has 0 saturated heterocycles. The first-order chi connectivity index (χ1) is 8.29. The molecule has 3 N–H and O–H groups in total. The molecule has 0 bridgehead atoms. The van der Waals surface area contributed by atoms with Gasteiger partial charge in [0, 0.05) is 13.1 Å². The third-order valence-corrected chi connectivity index (χ3v) is 3.08. The molecule has 17 heavy (non-hydrogen) atoms. The molecule has 0 radical (unpaired) electrons. The van der Waals surface area contributed by atoms with Crippen LogP contribution in [0.15, 0.2) is 41.9 Å². The van der Waals surface area contributed by atoms with Crippen molar-refractivity contribution >= 4 is 5.96 Å². The summed E-state index contributed by atoms with van der Waals surface area (Å²) in [6, 6.07) is 8.62. The monoisotopic (exact) mass is 229 g/mol. The number of nitrogens with two attached hydrogens (primary N) is 1. The van der Waals surface area contributed by atoms with E-state index in [1.165, 1.54) is 11.1 Å². The second-order valence-electron chi connectivity index (χ2n) is 4.44. The molecule has 0 unspecified atom stereocenters. The van der Waals surface area contributed by atoms with E-state index in [0.717, 1.165) is 19.4 Å². The van der Waals surface area contributed by atoms with E-state index in [-0.39, 0.29) is 0 Å². The van der Waals surface area contributed by atoms with E-state index in [1.807, 2.05) is 0 Å². The van der Waals surface area contributed by atoms with Crippen molar-refractivity contribution in [2.24, 2.45) is 16.6 Å². The van der Waals surface area contributed by atoms with E-state index < -0.39 is 0 Å². The maximum absolute atomic E-state index is 5.73. The first-order valence-corrected chi connectivity index (χ1v) is 6.01. The Balaban J connectivity index is 1.85. The number of rotatable bonds is 4. The van der Waals surface area contributed by atoms with Gasteiger partial charge in [0.25, 0.3) is 0 Å². The molecule has 0 saturated carbocycles. The molecule has 90 valence electrons. The third-order valence-electron chi connectivity index (χ3n) is 3.08. The number of nitrogens with one attached hydrogen (secondary N) is 1. The Hall–Kier alpha value is -1.77. The summed E-state index contributed by atoms with van der Waals surface area (Å²) >= 11 is 0. The van der Waals surface area contributed by atoms with Gasteiger partial charge in [-0.05, 0) is 29.9 Å². The first-order valence-electron chi connectivity index (χ1n) is 6.01. The van der Waals surface area contributed by atoms with Crippen LogP contribution in [0.1, 0.15) is 11.1 Å². The molecule has 1 aromatic carbocycles. The van der Waals surface area contributed by atoms with E-state index in [2.05, 4.69) is 41.2 Å². The van der Waals surface area contributed by atoms with Gasteiger partial charge in [0.05, 0.1) is 0 Å². The van der Waals surface area contributed by atoms with Crippen molar-refractivity contribution in [1.29, 1.82) is 0 Å². The Labute approximate surface area is 102 Å². The lowest BCUT2D eigenvalue weighted by Crippen LogP contribution is -2.32. The summed E-state index contributed by atoms with van der Waals surface area (Å²) in [6.45, 7) is 5.09. The van der Waals surface area contributed by atoms with E-state index >= 15 is 0 Å². The van der Waals surface area contributed by atoms with Crippen LogP contribution in [0.5, 0.6) is 0 Å². The topological polar surface area (TPSA) is 50.4 Å². The van der Waals surface area contributed by atoms with Gasteiger partial charge >= 0.3 is 0 Å².